The van der Waals surface area contributed by atoms with Crippen LogP contribution in [0.3, 0.4) is 0 Å². The zero-order valence-corrected chi connectivity index (χ0v) is 9.82. The molecule has 1 heterocycles. The maximum absolute atomic E-state index is 11.6. The summed E-state index contributed by atoms with van der Waals surface area (Å²) in [6, 6.07) is 3.70. The molecular formula is C10H16N2O2S. The summed E-state index contributed by atoms with van der Waals surface area (Å²) in [6.45, 7) is 3.73. The lowest BCUT2D eigenvalue weighted by Crippen LogP contribution is -2.26. The van der Waals surface area contributed by atoms with Crippen molar-refractivity contribution in [3.05, 3.63) is 17.0 Å². The summed E-state index contributed by atoms with van der Waals surface area (Å²) in [5.41, 5.74) is 0. The van der Waals surface area contributed by atoms with Gasteiger partial charge in [0, 0.05) is 20.2 Å². The van der Waals surface area contributed by atoms with Crippen molar-refractivity contribution in [2.45, 2.75) is 6.92 Å². The number of hydrogen-bond acceptors (Lipinski definition) is 4. The molecule has 5 heteroatoms. The van der Waals surface area contributed by atoms with Gasteiger partial charge in [0.2, 0.25) is 0 Å². The van der Waals surface area contributed by atoms with Crippen LogP contribution in [0.25, 0.3) is 0 Å². The molecule has 4 nitrogen and oxygen atoms in total. The first-order chi connectivity index (χ1) is 7.27. The molecule has 1 amide bonds. The van der Waals surface area contributed by atoms with E-state index in [9.17, 15) is 4.79 Å². The van der Waals surface area contributed by atoms with Crippen molar-refractivity contribution in [3.8, 4) is 0 Å². The van der Waals surface area contributed by atoms with E-state index in [1.165, 1.54) is 11.3 Å². The second-order valence-electron chi connectivity index (χ2n) is 2.87. The summed E-state index contributed by atoms with van der Waals surface area (Å²) >= 11 is 1.44. The maximum atomic E-state index is 11.6. The molecule has 0 spiro atoms. The highest BCUT2D eigenvalue weighted by atomic mass is 32.1. The molecular weight excluding hydrogens is 212 g/mol. The SMILES string of the molecule is CCOCCNC(=O)c1ccc(NC)s1. The average molecular weight is 228 g/mol. The predicted octanol–water partition coefficient (Wildman–Crippen LogP) is 1.56. The van der Waals surface area contributed by atoms with Gasteiger partial charge in [-0.1, -0.05) is 0 Å². The summed E-state index contributed by atoms with van der Waals surface area (Å²) in [6.07, 6.45) is 0. The van der Waals surface area contributed by atoms with Crippen LogP contribution in [-0.4, -0.2) is 32.7 Å². The molecule has 84 valence electrons. The van der Waals surface area contributed by atoms with Gasteiger partial charge < -0.3 is 15.4 Å². The van der Waals surface area contributed by atoms with Gasteiger partial charge in [0.15, 0.2) is 0 Å². The minimum Gasteiger partial charge on any atom is -0.380 e. The molecule has 15 heavy (non-hydrogen) atoms. The Hall–Kier alpha value is -1.07. The Morgan fingerprint density at radius 3 is 2.93 bits per heavy atom. The fourth-order valence-electron chi connectivity index (χ4n) is 1.06. The van der Waals surface area contributed by atoms with Gasteiger partial charge in [-0.25, -0.2) is 0 Å². The van der Waals surface area contributed by atoms with Crippen molar-refractivity contribution < 1.29 is 9.53 Å². The number of hydrogen-bond donors (Lipinski definition) is 2. The van der Waals surface area contributed by atoms with E-state index in [-0.39, 0.29) is 5.91 Å². The normalized spacial score (nSPS) is 10.0. The first kappa shape index (κ1) is 12.0. The number of thiophene rings is 1. The van der Waals surface area contributed by atoms with Crippen molar-refractivity contribution >= 4 is 22.2 Å². The maximum Gasteiger partial charge on any atom is 0.261 e. The first-order valence-corrected chi connectivity index (χ1v) is 5.73. The number of carbonyl (C=O) groups excluding carboxylic acids is 1. The third kappa shape index (κ3) is 3.89. The van der Waals surface area contributed by atoms with E-state index >= 15 is 0 Å². The van der Waals surface area contributed by atoms with Crippen LogP contribution in [0.4, 0.5) is 5.00 Å². The van der Waals surface area contributed by atoms with Crippen molar-refractivity contribution in [3.63, 3.8) is 0 Å². The number of amides is 1. The van der Waals surface area contributed by atoms with Crippen LogP contribution in [0.15, 0.2) is 12.1 Å². The topological polar surface area (TPSA) is 50.4 Å². The van der Waals surface area contributed by atoms with Crippen LogP contribution in [-0.2, 0) is 4.74 Å². The average Bonchev–Trinajstić information content (AvgIpc) is 2.72. The molecule has 0 aromatic carbocycles. The minimum absolute atomic E-state index is 0.0406. The minimum atomic E-state index is -0.0406. The highest BCUT2D eigenvalue weighted by Gasteiger charge is 2.07. The molecule has 1 rings (SSSR count). The summed E-state index contributed by atoms with van der Waals surface area (Å²) in [5, 5.41) is 6.77. The molecule has 0 saturated heterocycles. The second kappa shape index (κ2) is 6.42. The van der Waals surface area contributed by atoms with Crippen molar-refractivity contribution in [2.75, 3.05) is 32.1 Å². The Morgan fingerprint density at radius 2 is 2.33 bits per heavy atom. The molecule has 0 fully saturated rings. The molecule has 1 aromatic rings. The third-order valence-electron chi connectivity index (χ3n) is 1.81. The number of ether oxygens (including phenoxy) is 1. The fourth-order valence-corrected chi connectivity index (χ4v) is 1.84. The summed E-state index contributed by atoms with van der Waals surface area (Å²) in [7, 11) is 1.84. The lowest BCUT2D eigenvalue weighted by atomic mass is 10.4. The van der Waals surface area contributed by atoms with E-state index in [2.05, 4.69) is 10.6 Å². The Balaban J connectivity index is 2.33. The van der Waals surface area contributed by atoms with E-state index in [0.29, 0.717) is 19.8 Å². The van der Waals surface area contributed by atoms with Crippen LogP contribution >= 0.6 is 11.3 Å². The molecule has 0 saturated carbocycles. The van der Waals surface area contributed by atoms with Crippen LogP contribution in [0.1, 0.15) is 16.6 Å². The lowest BCUT2D eigenvalue weighted by Gasteiger charge is -2.02. The van der Waals surface area contributed by atoms with E-state index in [4.69, 9.17) is 4.74 Å². The largest absolute Gasteiger partial charge is 0.380 e. The van der Waals surface area contributed by atoms with E-state index in [0.717, 1.165) is 9.88 Å². The Labute approximate surface area is 93.6 Å². The van der Waals surface area contributed by atoms with Gasteiger partial charge in [-0.3, -0.25) is 4.79 Å². The standard InChI is InChI=1S/C10H16N2O2S/c1-3-14-7-6-12-10(13)8-4-5-9(11-2)15-8/h4-5,11H,3,6-7H2,1-2H3,(H,12,13). The molecule has 0 unspecified atom stereocenters. The van der Waals surface area contributed by atoms with Crippen molar-refractivity contribution in [1.29, 1.82) is 0 Å². The van der Waals surface area contributed by atoms with E-state index in [1.54, 1.807) is 0 Å². The fraction of sp³-hybridized carbons (Fsp3) is 0.500. The van der Waals surface area contributed by atoms with Gasteiger partial charge in [-0.2, -0.15) is 0 Å². The summed E-state index contributed by atoms with van der Waals surface area (Å²) < 4.78 is 5.12. The Kier molecular flexibility index (Phi) is 5.14. The predicted molar refractivity (Wildman–Crippen MR) is 62.7 cm³/mol. The molecule has 0 aliphatic carbocycles. The monoisotopic (exact) mass is 228 g/mol. The second-order valence-corrected chi connectivity index (χ2v) is 3.95. The molecule has 0 aliphatic heterocycles. The quantitative estimate of drug-likeness (QED) is 0.726. The highest BCUT2D eigenvalue weighted by molar-refractivity contribution is 7.17. The number of carbonyl (C=O) groups is 1. The van der Waals surface area contributed by atoms with Gasteiger partial charge in [-0.15, -0.1) is 11.3 Å². The van der Waals surface area contributed by atoms with Gasteiger partial charge >= 0.3 is 0 Å². The van der Waals surface area contributed by atoms with Crippen LogP contribution < -0.4 is 10.6 Å². The third-order valence-corrected chi connectivity index (χ3v) is 2.91. The lowest BCUT2D eigenvalue weighted by molar-refractivity contribution is 0.0926. The van der Waals surface area contributed by atoms with E-state index in [1.807, 2.05) is 26.1 Å². The van der Waals surface area contributed by atoms with Crippen LogP contribution in [0, 0.1) is 0 Å². The number of anilines is 1. The van der Waals surface area contributed by atoms with Gasteiger partial charge in [0.1, 0.15) is 0 Å². The zero-order valence-electron chi connectivity index (χ0n) is 9.00. The Morgan fingerprint density at radius 1 is 1.53 bits per heavy atom. The van der Waals surface area contributed by atoms with Crippen molar-refractivity contribution in [2.24, 2.45) is 0 Å². The molecule has 2 N–H and O–H groups in total. The summed E-state index contributed by atoms with van der Waals surface area (Å²) in [5.74, 6) is -0.0406. The highest BCUT2D eigenvalue weighted by Crippen LogP contribution is 2.20. The molecule has 0 bridgehead atoms. The smallest absolute Gasteiger partial charge is 0.261 e. The molecule has 0 atom stereocenters. The summed E-state index contributed by atoms with van der Waals surface area (Å²) in [4.78, 5) is 12.3. The Bertz CT molecular complexity index is 312. The molecule has 0 aliphatic rings. The molecule has 0 radical (unpaired) electrons. The van der Waals surface area contributed by atoms with Gasteiger partial charge in [0.05, 0.1) is 16.5 Å². The zero-order chi connectivity index (χ0) is 11.1. The van der Waals surface area contributed by atoms with Crippen LogP contribution in [0.5, 0.6) is 0 Å². The molecule has 1 aromatic heterocycles. The number of nitrogens with one attached hydrogen (secondary N) is 2. The van der Waals surface area contributed by atoms with Crippen LogP contribution in [0.2, 0.25) is 0 Å². The van der Waals surface area contributed by atoms with E-state index < -0.39 is 0 Å². The number of rotatable bonds is 6. The van der Waals surface area contributed by atoms with Gasteiger partial charge in [0.25, 0.3) is 5.91 Å². The van der Waals surface area contributed by atoms with Crippen molar-refractivity contribution in [1.82, 2.24) is 5.32 Å². The first-order valence-electron chi connectivity index (χ1n) is 4.91. The van der Waals surface area contributed by atoms with Gasteiger partial charge in [-0.05, 0) is 19.1 Å².